The fourth-order valence-electron chi connectivity index (χ4n) is 2.33. The zero-order valence-electron chi connectivity index (χ0n) is 16.6. The van der Waals surface area contributed by atoms with Gasteiger partial charge in [0.05, 0.1) is 13.7 Å². The molecule has 1 aromatic heterocycles. The van der Waals surface area contributed by atoms with E-state index in [0.717, 1.165) is 49.3 Å². The zero-order valence-corrected chi connectivity index (χ0v) is 16.6. The van der Waals surface area contributed by atoms with Crippen molar-refractivity contribution in [3.05, 3.63) is 30.1 Å². The molecule has 1 heterocycles. The van der Waals surface area contributed by atoms with Crippen molar-refractivity contribution in [1.82, 2.24) is 25.8 Å². The van der Waals surface area contributed by atoms with Crippen LogP contribution in [0, 0.1) is 5.92 Å². The molecule has 8 nitrogen and oxygen atoms in total. The highest BCUT2D eigenvalue weighted by atomic mass is 16.5. The predicted octanol–water partition coefficient (Wildman–Crippen LogP) is 2.21. The summed E-state index contributed by atoms with van der Waals surface area (Å²) in [5, 5.41) is 13.7. The van der Waals surface area contributed by atoms with Crippen molar-refractivity contribution in [2.24, 2.45) is 10.9 Å². The van der Waals surface area contributed by atoms with Crippen LogP contribution in [0.15, 0.2) is 29.3 Å². The molecule has 0 unspecified atom stereocenters. The van der Waals surface area contributed by atoms with E-state index in [0.29, 0.717) is 18.3 Å². The first-order valence-corrected chi connectivity index (χ1v) is 9.20. The van der Waals surface area contributed by atoms with Gasteiger partial charge in [-0.25, -0.2) is 4.98 Å². The predicted molar refractivity (Wildman–Crippen MR) is 107 cm³/mol. The van der Waals surface area contributed by atoms with E-state index < -0.39 is 0 Å². The van der Waals surface area contributed by atoms with E-state index in [-0.39, 0.29) is 0 Å². The molecule has 27 heavy (non-hydrogen) atoms. The Morgan fingerprint density at radius 2 is 2.00 bits per heavy atom. The molecule has 0 bridgehead atoms. The third kappa shape index (κ3) is 7.26. The van der Waals surface area contributed by atoms with Crippen molar-refractivity contribution in [2.75, 3.05) is 33.9 Å². The first-order chi connectivity index (χ1) is 13.1. The van der Waals surface area contributed by atoms with Crippen molar-refractivity contribution in [2.45, 2.75) is 26.8 Å². The Morgan fingerprint density at radius 1 is 1.22 bits per heavy atom. The molecule has 0 saturated carbocycles. The standard InChI is InChI=1S/C19H30N6O2/c1-14(2)13-27-11-5-10-21-19(20-3)22-12-17-23-18(25-24-17)15-6-8-16(26-4)9-7-15/h6-9,14H,5,10-13H2,1-4H3,(H2,20,21,22)(H,23,24,25). The largest absolute Gasteiger partial charge is 0.497 e. The number of hydrogen-bond donors (Lipinski definition) is 3. The Hall–Kier alpha value is -2.61. The Kier molecular flexibility index (Phi) is 8.57. The maximum atomic E-state index is 5.57. The third-order valence-electron chi connectivity index (χ3n) is 3.74. The summed E-state index contributed by atoms with van der Waals surface area (Å²) in [4.78, 5) is 8.72. The lowest BCUT2D eigenvalue weighted by molar-refractivity contribution is 0.108. The van der Waals surface area contributed by atoms with Gasteiger partial charge in [-0.3, -0.25) is 10.1 Å². The number of ether oxygens (including phenoxy) is 2. The van der Waals surface area contributed by atoms with Crippen molar-refractivity contribution >= 4 is 5.96 Å². The Labute approximate surface area is 160 Å². The van der Waals surface area contributed by atoms with E-state index in [9.17, 15) is 0 Å². The number of nitrogens with one attached hydrogen (secondary N) is 3. The quantitative estimate of drug-likeness (QED) is 0.335. The van der Waals surface area contributed by atoms with E-state index in [1.807, 2.05) is 24.3 Å². The SMILES string of the molecule is CN=C(NCCCOCC(C)C)NCc1nc(-c2ccc(OC)cc2)n[nH]1. The number of rotatable bonds is 10. The van der Waals surface area contributed by atoms with Gasteiger partial charge in [-0.15, -0.1) is 0 Å². The summed E-state index contributed by atoms with van der Waals surface area (Å²) < 4.78 is 10.7. The molecule has 2 aromatic rings. The lowest BCUT2D eigenvalue weighted by Crippen LogP contribution is -2.37. The minimum atomic E-state index is 0.507. The van der Waals surface area contributed by atoms with Crippen LogP contribution in [0.1, 0.15) is 26.1 Å². The van der Waals surface area contributed by atoms with Crippen LogP contribution in [-0.4, -0.2) is 55.1 Å². The van der Waals surface area contributed by atoms with Gasteiger partial charge in [0.1, 0.15) is 11.6 Å². The van der Waals surface area contributed by atoms with Gasteiger partial charge in [0, 0.05) is 32.4 Å². The monoisotopic (exact) mass is 374 g/mol. The Morgan fingerprint density at radius 3 is 2.67 bits per heavy atom. The van der Waals surface area contributed by atoms with Gasteiger partial charge in [-0.2, -0.15) is 5.10 Å². The van der Waals surface area contributed by atoms with Crippen LogP contribution in [-0.2, 0) is 11.3 Å². The molecule has 0 aliphatic heterocycles. The van der Waals surface area contributed by atoms with Gasteiger partial charge >= 0.3 is 0 Å². The normalized spacial score (nSPS) is 11.7. The molecule has 1 aromatic carbocycles. The molecule has 0 saturated heterocycles. The van der Waals surface area contributed by atoms with Crippen LogP contribution in [0.4, 0.5) is 0 Å². The van der Waals surface area contributed by atoms with E-state index in [4.69, 9.17) is 9.47 Å². The summed E-state index contributed by atoms with van der Waals surface area (Å²) in [6.07, 6.45) is 0.928. The lowest BCUT2D eigenvalue weighted by atomic mass is 10.2. The van der Waals surface area contributed by atoms with Gasteiger partial charge in [0.15, 0.2) is 11.8 Å². The second kappa shape index (κ2) is 11.2. The van der Waals surface area contributed by atoms with Crippen molar-refractivity contribution < 1.29 is 9.47 Å². The van der Waals surface area contributed by atoms with Gasteiger partial charge in [-0.05, 0) is 36.6 Å². The van der Waals surface area contributed by atoms with Crippen LogP contribution < -0.4 is 15.4 Å². The van der Waals surface area contributed by atoms with Crippen molar-refractivity contribution in [3.8, 4) is 17.1 Å². The number of benzene rings is 1. The van der Waals surface area contributed by atoms with Crippen LogP contribution in [0.3, 0.4) is 0 Å². The maximum absolute atomic E-state index is 5.57. The number of aromatic nitrogens is 3. The van der Waals surface area contributed by atoms with E-state index in [1.54, 1.807) is 14.2 Å². The maximum Gasteiger partial charge on any atom is 0.191 e. The molecular weight excluding hydrogens is 344 g/mol. The van der Waals surface area contributed by atoms with Crippen molar-refractivity contribution in [3.63, 3.8) is 0 Å². The number of methoxy groups -OCH3 is 1. The van der Waals surface area contributed by atoms with Gasteiger partial charge in [0.25, 0.3) is 0 Å². The van der Waals surface area contributed by atoms with E-state index >= 15 is 0 Å². The van der Waals surface area contributed by atoms with E-state index in [2.05, 4.69) is 44.7 Å². The number of nitrogens with zero attached hydrogens (tertiary/aromatic N) is 3. The van der Waals surface area contributed by atoms with Gasteiger partial charge < -0.3 is 20.1 Å². The summed E-state index contributed by atoms with van der Waals surface area (Å²) >= 11 is 0. The van der Waals surface area contributed by atoms with Crippen LogP contribution in [0.5, 0.6) is 5.75 Å². The lowest BCUT2D eigenvalue weighted by Gasteiger charge is -2.11. The summed E-state index contributed by atoms with van der Waals surface area (Å²) in [6, 6.07) is 7.64. The molecule has 0 spiro atoms. The number of hydrogen-bond acceptors (Lipinski definition) is 5. The summed E-state index contributed by atoms with van der Waals surface area (Å²) in [7, 11) is 3.39. The molecule has 0 radical (unpaired) electrons. The van der Waals surface area contributed by atoms with Crippen LogP contribution in [0.2, 0.25) is 0 Å². The second-order valence-electron chi connectivity index (χ2n) is 6.51. The molecule has 2 rings (SSSR count). The third-order valence-corrected chi connectivity index (χ3v) is 3.74. The highest BCUT2D eigenvalue weighted by Gasteiger charge is 2.07. The number of aliphatic imine (C=N–C) groups is 1. The van der Waals surface area contributed by atoms with Gasteiger partial charge in [-0.1, -0.05) is 13.8 Å². The Balaban J connectivity index is 1.74. The highest BCUT2D eigenvalue weighted by Crippen LogP contribution is 2.18. The topological polar surface area (TPSA) is 96.5 Å². The van der Waals surface area contributed by atoms with Crippen molar-refractivity contribution in [1.29, 1.82) is 0 Å². The summed E-state index contributed by atoms with van der Waals surface area (Å²) in [5.41, 5.74) is 0.933. The number of aromatic amines is 1. The average Bonchev–Trinajstić information content (AvgIpc) is 3.15. The zero-order chi connectivity index (χ0) is 19.5. The van der Waals surface area contributed by atoms with Crippen LogP contribution >= 0.6 is 0 Å². The second-order valence-corrected chi connectivity index (χ2v) is 6.51. The minimum Gasteiger partial charge on any atom is -0.497 e. The highest BCUT2D eigenvalue weighted by molar-refractivity contribution is 5.79. The first kappa shape index (κ1) is 20.7. The molecule has 0 aliphatic carbocycles. The Bertz CT molecular complexity index is 696. The smallest absolute Gasteiger partial charge is 0.191 e. The first-order valence-electron chi connectivity index (χ1n) is 9.20. The molecule has 0 fully saturated rings. The molecule has 8 heteroatoms. The molecule has 0 aliphatic rings. The minimum absolute atomic E-state index is 0.507. The molecule has 148 valence electrons. The fraction of sp³-hybridized carbons (Fsp3) is 0.526. The molecule has 0 atom stereocenters. The summed E-state index contributed by atoms with van der Waals surface area (Å²) in [6.45, 7) is 7.14. The number of H-pyrrole nitrogens is 1. The number of guanidine groups is 1. The van der Waals surface area contributed by atoms with E-state index in [1.165, 1.54) is 0 Å². The van der Waals surface area contributed by atoms with Gasteiger partial charge in [0.2, 0.25) is 0 Å². The fourth-order valence-corrected chi connectivity index (χ4v) is 2.33. The molecular formula is C19H30N6O2. The average molecular weight is 374 g/mol. The molecule has 0 amide bonds. The van der Waals surface area contributed by atoms with Crippen LogP contribution in [0.25, 0.3) is 11.4 Å². The summed E-state index contributed by atoms with van der Waals surface area (Å²) in [5.74, 6) is 3.49. The molecule has 3 N–H and O–H groups in total.